The third-order valence-corrected chi connectivity index (χ3v) is 7.03. The van der Waals surface area contributed by atoms with Crippen LogP contribution in [0.25, 0.3) is 16.5 Å². The Morgan fingerprint density at radius 3 is 2.83 bits per heavy atom. The van der Waals surface area contributed by atoms with Crippen molar-refractivity contribution in [3.63, 3.8) is 0 Å². The predicted molar refractivity (Wildman–Crippen MR) is 136 cm³/mol. The third-order valence-electron chi connectivity index (χ3n) is 6.15. The molecule has 0 aliphatic carbocycles. The Labute approximate surface area is 208 Å². The minimum absolute atomic E-state index is 0.0889. The molecule has 180 valence electrons. The molecule has 1 aliphatic rings. The van der Waals surface area contributed by atoms with Crippen LogP contribution in [0.4, 0.5) is 0 Å². The maximum Gasteiger partial charge on any atom is 0.255 e. The standard InChI is InChI=1S/C26H28N6O2S/c1-18-13-27-26(30-24(18)23-9-6-12-35-23)32-22(17-34-2)21(14-28-32)25(33)29-20-10-11-31(16-20)15-19-7-4-3-5-8-19/h3-9,12-14,20H,10-11,15-17H2,1-2H3,(H,29,33)/t20-/m1/s1. The van der Waals surface area contributed by atoms with Crippen LogP contribution in [0, 0.1) is 6.92 Å². The molecule has 0 radical (unpaired) electrons. The first-order valence-corrected chi connectivity index (χ1v) is 12.5. The number of carbonyl (C=O) groups excluding carboxylic acids is 1. The highest BCUT2D eigenvalue weighted by Gasteiger charge is 2.27. The average Bonchev–Trinajstić information content (AvgIpc) is 3.62. The molecule has 3 aromatic heterocycles. The quantitative estimate of drug-likeness (QED) is 0.406. The minimum atomic E-state index is -0.152. The van der Waals surface area contributed by atoms with Crippen molar-refractivity contribution < 1.29 is 9.53 Å². The number of aryl methyl sites for hydroxylation is 1. The van der Waals surface area contributed by atoms with Crippen molar-refractivity contribution >= 4 is 17.2 Å². The first-order chi connectivity index (χ1) is 17.1. The molecule has 1 atom stereocenters. The lowest BCUT2D eigenvalue weighted by molar-refractivity contribution is 0.0932. The molecule has 0 spiro atoms. The number of thiophene rings is 1. The molecule has 0 unspecified atom stereocenters. The van der Waals surface area contributed by atoms with Crippen molar-refractivity contribution in [3.8, 4) is 16.5 Å². The summed E-state index contributed by atoms with van der Waals surface area (Å²) in [7, 11) is 1.60. The number of nitrogens with zero attached hydrogens (tertiary/aromatic N) is 5. The van der Waals surface area contributed by atoms with E-state index in [0.29, 0.717) is 17.2 Å². The third kappa shape index (κ3) is 5.17. The number of benzene rings is 1. The van der Waals surface area contributed by atoms with Gasteiger partial charge in [-0.05, 0) is 35.9 Å². The molecule has 0 saturated carbocycles. The van der Waals surface area contributed by atoms with Crippen LogP contribution < -0.4 is 5.32 Å². The predicted octanol–water partition coefficient (Wildman–Crippen LogP) is 3.85. The molecule has 1 saturated heterocycles. The number of ether oxygens (including phenoxy) is 1. The van der Waals surface area contributed by atoms with Gasteiger partial charge in [-0.15, -0.1) is 11.3 Å². The van der Waals surface area contributed by atoms with Gasteiger partial charge in [-0.1, -0.05) is 36.4 Å². The molecule has 4 heterocycles. The zero-order chi connectivity index (χ0) is 24.2. The van der Waals surface area contributed by atoms with Crippen molar-refractivity contribution in [2.45, 2.75) is 32.5 Å². The second-order valence-corrected chi connectivity index (χ2v) is 9.66. The molecule has 1 aliphatic heterocycles. The number of likely N-dealkylation sites (tertiary alicyclic amines) is 1. The Morgan fingerprint density at radius 2 is 2.06 bits per heavy atom. The Hall–Kier alpha value is -3.40. The minimum Gasteiger partial charge on any atom is -0.378 e. The lowest BCUT2D eigenvalue weighted by atomic mass is 10.2. The SMILES string of the molecule is COCc1c(C(=O)N[C@@H]2CCN(Cc3ccccc3)C2)cnn1-c1ncc(C)c(-c2cccs2)n1. The zero-order valence-corrected chi connectivity index (χ0v) is 20.7. The van der Waals surface area contributed by atoms with E-state index in [4.69, 9.17) is 9.72 Å². The number of hydrogen-bond donors (Lipinski definition) is 1. The summed E-state index contributed by atoms with van der Waals surface area (Å²) in [6, 6.07) is 14.5. The summed E-state index contributed by atoms with van der Waals surface area (Å²) in [4.78, 5) is 25.9. The number of carbonyl (C=O) groups is 1. The van der Waals surface area contributed by atoms with Gasteiger partial charge in [0.25, 0.3) is 11.9 Å². The Kier molecular flexibility index (Phi) is 6.98. The van der Waals surface area contributed by atoms with E-state index < -0.39 is 0 Å². The van der Waals surface area contributed by atoms with Gasteiger partial charge < -0.3 is 10.1 Å². The Bertz CT molecular complexity index is 1290. The topological polar surface area (TPSA) is 85.2 Å². The summed E-state index contributed by atoms with van der Waals surface area (Å²) in [5.41, 5.74) is 4.23. The summed E-state index contributed by atoms with van der Waals surface area (Å²) in [5, 5.41) is 9.68. The van der Waals surface area contributed by atoms with Crippen molar-refractivity contribution in [2.75, 3.05) is 20.2 Å². The van der Waals surface area contributed by atoms with E-state index in [1.165, 1.54) is 5.56 Å². The molecule has 1 aromatic carbocycles. The van der Waals surface area contributed by atoms with Crippen LogP contribution in [0.15, 0.2) is 60.2 Å². The molecular weight excluding hydrogens is 460 g/mol. The number of methoxy groups -OCH3 is 1. The smallest absolute Gasteiger partial charge is 0.255 e. The summed E-state index contributed by atoms with van der Waals surface area (Å²) in [5.74, 6) is 0.264. The molecule has 9 heteroatoms. The van der Waals surface area contributed by atoms with E-state index in [9.17, 15) is 4.79 Å². The molecule has 1 amide bonds. The van der Waals surface area contributed by atoms with E-state index in [1.54, 1.807) is 35.5 Å². The number of aromatic nitrogens is 4. The van der Waals surface area contributed by atoms with Crippen LogP contribution in [0.5, 0.6) is 0 Å². The summed E-state index contributed by atoms with van der Waals surface area (Å²) >= 11 is 1.62. The zero-order valence-electron chi connectivity index (χ0n) is 19.8. The molecular formula is C26H28N6O2S. The van der Waals surface area contributed by atoms with Crippen molar-refractivity contribution in [2.24, 2.45) is 0 Å². The van der Waals surface area contributed by atoms with Gasteiger partial charge in [0.2, 0.25) is 0 Å². The lowest BCUT2D eigenvalue weighted by Crippen LogP contribution is -2.37. The molecule has 4 aromatic rings. The summed E-state index contributed by atoms with van der Waals surface area (Å²) in [6.07, 6.45) is 4.28. The summed E-state index contributed by atoms with van der Waals surface area (Å²) in [6.45, 7) is 4.86. The van der Waals surface area contributed by atoms with Gasteiger partial charge in [0.05, 0.1) is 34.6 Å². The van der Waals surface area contributed by atoms with Crippen LogP contribution >= 0.6 is 11.3 Å². The molecule has 1 N–H and O–H groups in total. The second kappa shape index (κ2) is 10.5. The molecule has 0 bridgehead atoms. The van der Waals surface area contributed by atoms with Crippen LogP contribution in [0.2, 0.25) is 0 Å². The van der Waals surface area contributed by atoms with Gasteiger partial charge in [0.1, 0.15) is 0 Å². The highest BCUT2D eigenvalue weighted by molar-refractivity contribution is 7.13. The Balaban J connectivity index is 1.33. The molecule has 5 rings (SSSR count). The van der Waals surface area contributed by atoms with E-state index in [0.717, 1.165) is 42.2 Å². The van der Waals surface area contributed by atoms with Gasteiger partial charge in [0, 0.05) is 39.0 Å². The largest absolute Gasteiger partial charge is 0.378 e. The number of amides is 1. The van der Waals surface area contributed by atoms with Crippen LogP contribution in [-0.2, 0) is 17.9 Å². The number of nitrogens with one attached hydrogen (secondary N) is 1. The highest BCUT2D eigenvalue weighted by Crippen LogP contribution is 2.26. The maximum absolute atomic E-state index is 13.2. The Morgan fingerprint density at radius 1 is 1.20 bits per heavy atom. The highest BCUT2D eigenvalue weighted by atomic mass is 32.1. The van der Waals surface area contributed by atoms with Crippen LogP contribution in [0.1, 0.15) is 33.6 Å². The molecule has 1 fully saturated rings. The van der Waals surface area contributed by atoms with Gasteiger partial charge in [-0.25, -0.2) is 9.97 Å². The number of hydrogen-bond acceptors (Lipinski definition) is 7. The normalized spacial score (nSPS) is 16.0. The van der Waals surface area contributed by atoms with Gasteiger partial charge >= 0.3 is 0 Å². The van der Waals surface area contributed by atoms with Crippen LogP contribution in [-0.4, -0.2) is 56.8 Å². The maximum atomic E-state index is 13.2. The van der Waals surface area contributed by atoms with Crippen molar-refractivity contribution in [1.82, 2.24) is 30.0 Å². The molecule has 35 heavy (non-hydrogen) atoms. The molecule has 8 nitrogen and oxygen atoms in total. The van der Waals surface area contributed by atoms with Gasteiger partial charge in [-0.3, -0.25) is 9.69 Å². The fourth-order valence-electron chi connectivity index (χ4n) is 4.41. The number of rotatable bonds is 8. The monoisotopic (exact) mass is 488 g/mol. The fraction of sp³-hybridized carbons (Fsp3) is 0.308. The average molecular weight is 489 g/mol. The van der Waals surface area contributed by atoms with E-state index in [1.807, 2.05) is 30.5 Å². The van der Waals surface area contributed by atoms with Crippen molar-refractivity contribution in [3.05, 3.63) is 82.6 Å². The fourth-order valence-corrected chi connectivity index (χ4v) is 5.19. The van der Waals surface area contributed by atoms with Crippen LogP contribution in [0.3, 0.4) is 0 Å². The van der Waals surface area contributed by atoms with E-state index in [-0.39, 0.29) is 18.6 Å². The first-order valence-electron chi connectivity index (χ1n) is 11.6. The summed E-state index contributed by atoms with van der Waals surface area (Å²) < 4.78 is 7.02. The second-order valence-electron chi connectivity index (χ2n) is 8.71. The van der Waals surface area contributed by atoms with Crippen molar-refractivity contribution in [1.29, 1.82) is 0 Å². The lowest BCUT2D eigenvalue weighted by Gasteiger charge is -2.17. The van der Waals surface area contributed by atoms with Gasteiger partial charge in [-0.2, -0.15) is 9.78 Å². The first kappa shape index (κ1) is 23.3. The van der Waals surface area contributed by atoms with Gasteiger partial charge in [0.15, 0.2) is 0 Å². The van der Waals surface area contributed by atoms with E-state index in [2.05, 4.69) is 44.6 Å². The van der Waals surface area contributed by atoms with E-state index >= 15 is 0 Å².